The van der Waals surface area contributed by atoms with E-state index in [1.165, 1.54) is 0 Å². The Balaban J connectivity index is 1.75. The molecule has 0 unspecified atom stereocenters. The first-order valence-electron chi connectivity index (χ1n) is 9.14. The molecule has 0 bridgehead atoms. The number of rotatable bonds is 4. The van der Waals surface area contributed by atoms with Crippen molar-refractivity contribution in [3.63, 3.8) is 0 Å². The van der Waals surface area contributed by atoms with E-state index in [2.05, 4.69) is 4.98 Å². The highest BCUT2D eigenvalue weighted by atomic mass is 35.5. The molecule has 0 fully saturated rings. The Morgan fingerprint density at radius 1 is 1.14 bits per heavy atom. The first-order chi connectivity index (χ1) is 14.1. The van der Waals surface area contributed by atoms with Crippen molar-refractivity contribution < 1.29 is 14.3 Å². The third-order valence-corrected chi connectivity index (χ3v) is 5.11. The standard InChI is InChI=1S/C23H17ClN2O3/c1-14-21(9-8-19-20(27)10-11-28-22(14)19)29-23(15-2-5-17(24)6-3-15)16-4-7-18(12-25)26-13-16/h2-9,13,23H,10-11H2,1H3/t23-/m1/s1. The Bertz CT molecular complexity index is 1100. The molecule has 5 nitrogen and oxygen atoms in total. The molecule has 1 aliphatic heterocycles. The number of benzene rings is 2. The zero-order chi connectivity index (χ0) is 20.4. The van der Waals surface area contributed by atoms with E-state index < -0.39 is 6.10 Å². The lowest BCUT2D eigenvalue weighted by atomic mass is 10.00. The molecule has 0 aliphatic carbocycles. The summed E-state index contributed by atoms with van der Waals surface area (Å²) in [5.74, 6) is 1.26. The highest BCUT2D eigenvalue weighted by Gasteiger charge is 2.24. The molecule has 1 atom stereocenters. The Morgan fingerprint density at radius 3 is 2.59 bits per heavy atom. The van der Waals surface area contributed by atoms with Crippen molar-refractivity contribution in [2.24, 2.45) is 0 Å². The van der Waals surface area contributed by atoms with Crippen LogP contribution in [0.4, 0.5) is 0 Å². The predicted octanol–water partition coefficient (Wildman–Crippen LogP) is 5.05. The molecule has 2 heterocycles. The molecule has 6 heteroatoms. The van der Waals surface area contributed by atoms with Gasteiger partial charge in [0.25, 0.3) is 0 Å². The van der Waals surface area contributed by atoms with Crippen LogP contribution in [0.1, 0.15) is 45.3 Å². The summed E-state index contributed by atoms with van der Waals surface area (Å²) in [6, 6.07) is 16.4. The van der Waals surface area contributed by atoms with Gasteiger partial charge in [0.05, 0.1) is 12.2 Å². The topological polar surface area (TPSA) is 72.2 Å². The second-order valence-electron chi connectivity index (χ2n) is 6.73. The molecule has 0 saturated carbocycles. The zero-order valence-electron chi connectivity index (χ0n) is 15.7. The fourth-order valence-corrected chi connectivity index (χ4v) is 3.43. The van der Waals surface area contributed by atoms with Gasteiger partial charge in [-0.3, -0.25) is 4.79 Å². The lowest BCUT2D eigenvalue weighted by Crippen LogP contribution is -2.17. The summed E-state index contributed by atoms with van der Waals surface area (Å²) in [6.07, 6.45) is 1.55. The second-order valence-corrected chi connectivity index (χ2v) is 7.16. The monoisotopic (exact) mass is 404 g/mol. The van der Waals surface area contributed by atoms with Gasteiger partial charge in [0.2, 0.25) is 0 Å². The molecule has 0 saturated heterocycles. The number of pyridine rings is 1. The normalized spacial score (nSPS) is 13.8. The van der Waals surface area contributed by atoms with Crippen LogP contribution in [0.5, 0.6) is 11.5 Å². The minimum Gasteiger partial charge on any atom is -0.492 e. The SMILES string of the molecule is Cc1c(O[C@H](c2ccc(Cl)cc2)c2ccc(C#N)nc2)ccc2c1OCCC2=O. The third kappa shape index (κ3) is 3.80. The van der Waals surface area contributed by atoms with Gasteiger partial charge >= 0.3 is 0 Å². The fraction of sp³-hybridized carbons (Fsp3) is 0.174. The van der Waals surface area contributed by atoms with Crippen molar-refractivity contribution in [3.05, 3.63) is 87.7 Å². The Labute approximate surface area is 173 Å². The number of ketones is 1. The predicted molar refractivity (Wildman–Crippen MR) is 108 cm³/mol. The van der Waals surface area contributed by atoms with Gasteiger partial charge in [-0.15, -0.1) is 0 Å². The molecule has 4 rings (SSSR count). The van der Waals surface area contributed by atoms with Gasteiger partial charge in [-0.25, -0.2) is 4.98 Å². The Morgan fingerprint density at radius 2 is 1.90 bits per heavy atom. The summed E-state index contributed by atoms with van der Waals surface area (Å²) < 4.78 is 12.1. The van der Waals surface area contributed by atoms with Crippen LogP contribution in [0, 0.1) is 18.3 Å². The van der Waals surface area contributed by atoms with Crippen LogP contribution in [0.15, 0.2) is 54.7 Å². The minimum absolute atomic E-state index is 0.0754. The molecule has 29 heavy (non-hydrogen) atoms. The van der Waals surface area contributed by atoms with Crippen LogP contribution in [-0.4, -0.2) is 17.4 Å². The van der Waals surface area contributed by atoms with E-state index in [0.717, 1.165) is 16.7 Å². The van der Waals surface area contributed by atoms with E-state index in [1.807, 2.05) is 31.2 Å². The summed E-state index contributed by atoms with van der Waals surface area (Å²) in [5.41, 5.74) is 3.37. The lowest BCUT2D eigenvalue weighted by Gasteiger charge is -2.24. The number of nitrogens with zero attached hydrogens (tertiary/aromatic N) is 2. The van der Waals surface area contributed by atoms with Crippen LogP contribution in [0.3, 0.4) is 0 Å². The summed E-state index contributed by atoms with van der Waals surface area (Å²) >= 11 is 6.04. The molecule has 0 amide bonds. The molecule has 1 aromatic heterocycles. The number of Topliss-reactive ketones (excluding diaryl/α,β-unsaturated/α-hetero) is 1. The van der Waals surface area contributed by atoms with Crippen molar-refractivity contribution >= 4 is 17.4 Å². The van der Waals surface area contributed by atoms with Crippen LogP contribution in [0.2, 0.25) is 5.02 Å². The van der Waals surface area contributed by atoms with Gasteiger partial charge in [0.1, 0.15) is 23.3 Å². The number of halogens is 1. The van der Waals surface area contributed by atoms with E-state index in [1.54, 1.807) is 36.5 Å². The maximum atomic E-state index is 12.1. The number of aromatic nitrogens is 1. The average Bonchev–Trinajstić information content (AvgIpc) is 2.75. The molecular formula is C23H17ClN2O3. The van der Waals surface area contributed by atoms with Crippen molar-refractivity contribution in [3.8, 4) is 17.6 Å². The highest BCUT2D eigenvalue weighted by molar-refractivity contribution is 6.30. The summed E-state index contributed by atoms with van der Waals surface area (Å²) in [5, 5.41) is 9.65. The first-order valence-corrected chi connectivity index (χ1v) is 9.52. The fourth-order valence-electron chi connectivity index (χ4n) is 3.31. The molecule has 2 aromatic carbocycles. The van der Waals surface area contributed by atoms with Gasteiger partial charge in [-0.2, -0.15) is 5.26 Å². The number of nitriles is 1. The molecule has 0 radical (unpaired) electrons. The molecular weight excluding hydrogens is 388 g/mol. The number of fused-ring (bicyclic) bond motifs is 1. The quantitative estimate of drug-likeness (QED) is 0.608. The van der Waals surface area contributed by atoms with Crippen molar-refractivity contribution in [1.29, 1.82) is 5.26 Å². The van der Waals surface area contributed by atoms with Gasteiger partial charge in [-0.05, 0) is 42.8 Å². The van der Waals surface area contributed by atoms with E-state index >= 15 is 0 Å². The molecule has 144 valence electrons. The number of hydrogen-bond donors (Lipinski definition) is 0. The Hall–Kier alpha value is -3.36. The summed E-state index contributed by atoms with van der Waals surface area (Å²) in [4.78, 5) is 16.3. The highest BCUT2D eigenvalue weighted by Crippen LogP contribution is 2.38. The Kier molecular flexibility index (Phi) is 5.20. The number of carbonyl (C=O) groups excluding carboxylic acids is 1. The van der Waals surface area contributed by atoms with E-state index in [9.17, 15) is 4.79 Å². The molecule has 0 N–H and O–H groups in total. The van der Waals surface area contributed by atoms with Crippen LogP contribution in [-0.2, 0) is 0 Å². The van der Waals surface area contributed by atoms with Gasteiger partial charge in [0.15, 0.2) is 11.9 Å². The van der Waals surface area contributed by atoms with E-state index in [4.69, 9.17) is 26.3 Å². The number of carbonyl (C=O) groups is 1. The lowest BCUT2D eigenvalue weighted by molar-refractivity contribution is 0.0932. The smallest absolute Gasteiger partial charge is 0.170 e. The molecule has 1 aliphatic rings. The minimum atomic E-state index is -0.469. The van der Waals surface area contributed by atoms with Crippen LogP contribution < -0.4 is 9.47 Å². The molecule has 0 spiro atoms. The summed E-state index contributed by atoms with van der Waals surface area (Å²) in [6.45, 7) is 2.25. The first kappa shape index (κ1) is 19.0. The van der Waals surface area contributed by atoms with Crippen LogP contribution >= 0.6 is 11.6 Å². The van der Waals surface area contributed by atoms with E-state index in [0.29, 0.717) is 40.8 Å². The zero-order valence-corrected chi connectivity index (χ0v) is 16.4. The van der Waals surface area contributed by atoms with Gasteiger partial charge in [-0.1, -0.05) is 29.8 Å². The number of hydrogen-bond acceptors (Lipinski definition) is 5. The third-order valence-electron chi connectivity index (χ3n) is 4.85. The van der Waals surface area contributed by atoms with Gasteiger partial charge in [0, 0.05) is 28.8 Å². The molecule has 3 aromatic rings. The van der Waals surface area contributed by atoms with Crippen molar-refractivity contribution in [2.45, 2.75) is 19.4 Å². The van der Waals surface area contributed by atoms with Crippen molar-refractivity contribution in [1.82, 2.24) is 4.98 Å². The van der Waals surface area contributed by atoms with E-state index in [-0.39, 0.29) is 5.78 Å². The average molecular weight is 405 g/mol. The van der Waals surface area contributed by atoms with Crippen molar-refractivity contribution in [2.75, 3.05) is 6.61 Å². The largest absolute Gasteiger partial charge is 0.492 e. The summed E-state index contributed by atoms with van der Waals surface area (Å²) in [7, 11) is 0. The van der Waals surface area contributed by atoms with Gasteiger partial charge < -0.3 is 9.47 Å². The number of ether oxygens (including phenoxy) is 2. The maximum absolute atomic E-state index is 12.1. The maximum Gasteiger partial charge on any atom is 0.170 e. The second kappa shape index (κ2) is 7.94. The van der Waals surface area contributed by atoms with Crippen LogP contribution in [0.25, 0.3) is 0 Å².